The number of hydrogen-bond acceptors (Lipinski definition) is 4. The third-order valence-electron chi connectivity index (χ3n) is 2.21. The highest BCUT2D eigenvalue weighted by molar-refractivity contribution is 9.10. The average Bonchev–Trinajstić information content (AvgIpc) is 2.40. The summed E-state index contributed by atoms with van der Waals surface area (Å²) in [4.78, 5) is 11.6. The van der Waals surface area contributed by atoms with Gasteiger partial charge in [0.15, 0.2) is 5.75 Å². The quantitative estimate of drug-likeness (QED) is 0.836. The first-order chi connectivity index (χ1) is 10.3. The molecule has 5 nitrogen and oxygen atoms in total. The van der Waals surface area contributed by atoms with Crippen LogP contribution in [-0.2, 0) is 6.42 Å². The van der Waals surface area contributed by atoms with E-state index in [0.29, 0.717) is 10.2 Å². The summed E-state index contributed by atoms with van der Waals surface area (Å²) in [5.74, 6) is 0.0192. The Labute approximate surface area is 127 Å². The van der Waals surface area contributed by atoms with E-state index < -0.39 is 12.4 Å². The van der Waals surface area contributed by atoms with E-state index in [1.165, 1.54) is 6.07 Å². The van der Waals surface area contributed by atoms with Gasteiger partial charge in [0.1, 0.15) is 0 Å². The van der Waals surface area contributed by atoms with Gasteiger partial charge < -0.3 is 10.5 Å². The van der Waals surface area contributed by atoms with Crippen molar-refractivity contribution in [2.45, 2.75) is 13.3 Å². The van der Waals surface area contributed by atoms with Crippen LogP contribution in [0.3, 0.4) is 0 Å². The maximum atomic E-state index is 11.6. The minimum atomic E-state index is -1.27. The molecular formula is C12H11BrClN3O2. The number of nitrogens with two attached hydrogens (primary N) is 1. The number of ether oxygens (including phenoxy) is 1. The summed E-state index contributed by atoms with van der Waals surface area (Å²) in [6.45, 7) is -1.27. The van der Waals surface area contributed by atoms with Crippen LogP contribution in [0.2, 0.25) is 5.02 Å². The molecule has 7 heteroatoms. The van der Waals surface area contributed by atoms with Crippen molar-refractivity contribution in [1.29, 1.82) is 0 Å². The Balaban J connectivity index is 2.45. The van der Waals surface area contributed by atoms with E-state index >= 15 is 0 Å². The van der Waals surface area contributed by atoms with Gasteiger partial charge in [-0.1, -0.05) is 18.5 Å². The lowest BCUT2D eigenvalue weighted by Crippen LogP contribution is -2.13. The molecular weight excluding hydrogens is 334 g/mol. The Morgan fingerprint density at radius 1 is 1.68 bits per heavy atom. The number of aromatic amines is 1. The Hall–Kier alpha value is -1.53. The van der Waals surface area contributed by atoms with Crippen LogP contribution in [0.15, 0.2) is 27.4 Å². The first kappa shape index (κ1) is 10.3. The summed E-state index contributed by atoms with van der Waals surface area (Å²) in [7, 11) is 0. The SMILES string of the molecule is [2H]c1c(Oc2c(Cl)cc(N)cc2Br)n[nH]c(=O)c1CC([2H])[2H]. The second-order valence-electron chi connectivity index (χ2n) is 3.58. The molecule has 0 amide bonds. The van der Waals surface area contributed by atoms with E-state index in [4.69, 9.17) is 26.2 Å². The number of benzene rings is 1. The number of nitrogens with one attached hydrogen (secondary N) is 1. The van der Waals surface area contributed by atoms with Gasteiger partial charge >= 0.3 is 0 Å². The van der Waals surface area contributed by atoms with Gasteiger partial charge in [0.05, 0.1) is 10.9 Å². The highest BCUT2D eigenvalue weighted by atomic mass is 79.9. The molecule has 100 valence electrons. The minimum Gasteiger partial charge on any atom is -0.435 e. The maximum absolute atomic E-state index is 11.6. The van der Waals surface area contributed by atoms with Crippen molar-refractivity contribution >= 4 is 33.2 Å². The topological polar surface area (TPSA) is 81.0 Å². The average molecular weight is 348 g/mol. The van der Waals surface area contributed by atoms with Crippen molar-refractivity contribution in [2.24, 2.45) is 0 Å². The van der Waals surface area contributed by atoms with Crippen molar-refractivity contribution in [3.8, 4) is 11.6 Å². The molecule has 0 fully saturated rings. The van der Waals surface area contributed by atoms with Gasteiger partial charge in [-0.05, 0) is 34.5 Å². The Morgan fingerprint density at radius 2 is 2.47 bits per heavy atom. The van der Waals surface area contributed by atoms with Gasteiger partial charge in [0, 0.05) is 20.0 Å². The van der Waals surface area contributed by atoms with Crippen LogP contribution < -0.4 is 16.0 Å². The zero-order valence-electron chi connectivity index (χ0n) is 12.5. The summed E-state index contributed by atoms with van der Waals surface area (Å²) in [6, 6.07) is 2.76. The minimum absolute atomic E-state index is 0.0392. The van der Waals surface area contributed by atoms with Gasteiger partial charge in [0.2, 0.25) is 5.88 Å². The molecule has 19 heavy (non-hydrogen) atoms. The smallest absolute Gasteiger partial charge is 0.267 e. The lowest BCUT2D eigenvalue weighted by atomic mass is 10.2. The molecule has 3 N–H and O–H groups in total. The Kier molecular flexibility index (Phi) is 3.04. The molecule has 0 bridgehead atoms. The number of rotatable bonds is 3. The molecule has 0 spiro atoms. The lowest BCUT2D eigenvalue weighted by molar-refractivity contribution is 0.450. The molecule has 0 aliphatic rings. The molecule has 2 aromatic rings. The van der Waals surface area contributed by atoms with E-state index in [1.807, 2.05) is 0 Å². The number of hydrogen-bond donors (Lipinski definition) is 2. The van der Waals surface area contributed by atoms with Crippen LogP contribution in [0.4, 0.5) is 5.69 Å². The molecule has 2 rings (SSSR count). The fourth-order valence-corrected chi connectivity index (χ4v) is 2.29. The van der Waals surface area contributed by atoms with Crippen molar-refractivity contribution in [3.63, 3.8) is 0 Å². The number of nitrogen functional groups attached to an aromatic ring is 1. The molecule has 0 atom stereocenters. The predicted molar refractivity (Wildman–Crippen MR) is 77.9 cm³/mol. The van der Waals surface area contributed by atoms with Gasteiger partial charge in [-0.15, -0.1) is 5.10 Å². The van der Waals surface area contributed by atoms with E-state index in [2.05, 4.69) is 26.1 Å². The Bertz CT molecular complexity index is 747. The van der Waals surface area contributed by atoms with Gasteiger partial charge in [-0.25, -0.2) is 5.10 Å². The number of aromatic nitrogens is 2. The monoisotopic (exact) mass is 346 g/mol. The van der Waals surface area contributed by atoms with Crippen LogP contribution >= 0.6 is 27.5 Å². The summed E-state index contributed by atoms with van der Waals surface area (Å²) < 4.78 is 28.3. The highest BCUT2D eigenvalue weighted by Gasteiger charge is 2.11. The van der Waals surface area contributed by atoms with Crippen LogP contribution in [0.1, 0.15) is 16.6 Å². The molecule has 1 aromatic heterocycles. The zero-order valence-corrected chi connectivity index (χ0v) is 11.9. The normalized spacial score (nSPS) is 12.9. The Morgan fingerprint density at radius 3 is 3.16 bits per heavy atom. The standard InChI is InChI=1S/C12H11BrClN3O2/c1-2-6-3-10(16-17-12(6)18)19-11-8(13)4-7(15)5-9(11)14/h3-5H,2,15H2,1H3,(H,17,18)/i1D2,3D. The summed E-state index contributed by atoms with van der Waals surface area (Å²) >= 11 is 9.28. The second-order valence-corrected chi connectivity index (χ2v) is 4.84. The van der Waals surface area contributed by atoms with Crippen molar-refractivity contribution < 1.29 is 8.85 Å². The summed E-state index contributed by atoms with van der Waals surface area (Å²) in [5.41, 5.74) is 5.41. The second kappa shape index (κ2) is 5.63. The molecule has 1 aromatic carbocycles. The van der Waals surface area contributed by atoms with Crippen molar-refractivity contribution in [3.05, 3.63) is 43.6 Å². The zero-order chi connectivity index (χ0) is 16.4. The van der Waals surface area contributed by atoms with E-state index in [9.17, 15) is 4.79 Å². The molecule has 0 unspecified atom stereocenters. The molecule has 0 saturated carbocycles. The number of halogens is 2. The fraction of sp³-hybridized carbons (Fsp3) is 0.167. The molecule has 0 saturated heterocycles. The first-order valence-corrected chi connectivity index (χ1v) is 6.31. The van der Waals surface area contributed by atoms with Gasteiger partial charge in [0.25, 0.3) is 5.56 Å². The first-order valence-electron chi connectivity index (χ1n) is 6.80. The van der Waals surface area contributed by atoms with Crippen molar-refractivity contribution in [2.75, 3.05) is 5.73 Å². The number of nitrogens with zero attached hydrogens (tertiary/aromatic N) is 1. The van der Waals surface area contributed by atoms with Crippen LogP contribution in [0, 0.1) is 0 Å². The maximum Gasteiger partial charge on any atom is 0.267 e. The van der Waals surface area contributed by atoms with Crippen molar-refractivity contribution in [1.82, 2.24) is 10.2 Å². The predicted octanol–water partition coefficient (Wildman–Crippen LogP) is 3.12. The van der Waals surface area contributed by atoms with E-state index in [1.54, 1.807) is 6.07 Å². The molecule has 0 aliphatic carbocycles. The molecule has 0 radical (unpaired) electrons. The third-order valence-corrected chi connectivity index (χ3v) is 3.08. The van der Waals surface area contributed by atoms with Crippen LogP contribution in [-0.4, -0.2) is 10.2 Å². The van der Waals surface area contributed by atoms with E-state index in [0.717, 1.165) is 0 Å². The molecule has 0 aliphatic heterocycles. The number of H-pyrrole nitrogens is 1. The number of anilines is 1. The molecule has 1 heterocycles. The highest BCUT2D eigenvalue weighted by Crippen LogP contribution is 2.37. The van der Waals surface area contributed by atoms with Gasteiger partial charge in [-0.3, -0.25) is 4.79 Å². The van der Waals surface area contributed by atoms with Crippen LogP contribution in [0.25, 0.3) is 0 Å². The van der Waals surface area contributed by atoms with Gasteiger partial charge in [-0.2, -0.15) is 0 Å². The third kappa shape index (κ3) is 3.08. The summed E-state index contributed by atoms with van der Waals surface area (Å²) in [6.07, 6.45) is -0.205. The lowest BCUT2D eigenvalue weighted by Gasteiger charge is -2.09. The summed E-state index contributed by atoms with van der Waals surface area (Å²) in [5, 5.41) is 6.06. The van der Waals surface area contributed by atoms with E-state index in [-0.39, 0.29) is 34.7 Å². The fourth-order valence-electron chi connectivity index (χ4n) is 1.35. The largest absolute Gasteiger partial charge is 0.435 e. The van der Waals surface area contributed by atoms with Crippen LogP contribution in [0.5, 0.6) is 11.6 Å².